The fourth-order valence-corrected chi connectivity index (χ4v) is 1.58. The van der Waals surface area contributed by atoms with Crippen LogP contribution in [0.4, 0.5) is 13.2 Å². The zero-order chi connectivity index (χ0) is 12.5. The molecule has 0 saturated heterocycles. The van der Waals surface area contributed by atoms with Gasteiger partial charge < -0.3 is 5.73 Å². The second kappa shape index (κ2) is 4.63. The molecule has 1 rings (SSSR count). The van der Waals surface area contributed by atoms with E-state index in [4.69, 9.17) is 17.3 Å². The molecule has 1 unspecified atom stereocenters. The van der Waals surface area contributed by atoms with Gasteiger partial charge in [0.2, 0.25) is 0 Å². The highest BCUT2D eigenvalue weighted by Crippen LogP contribution is 2.34. The van der Waals surface area contributed by atoms with E-state index in [9.17, 15) is 13.2 Å². The van der Waals surface area contributed by atoms with E-state index < -0.39 is 17.8 Å². The van der Waals surface area contributed by atoms with E-state index >= 15 is 0 Å². The molecule has 2 N–H and O–H groups in total. The van der Waals surface area contributed by atoms with Crippen molar-refractivity contribution in [2.45, 2.75) is 26.1 Å². The van der Waals surface area contributed by atoms with Crippen LogP contribution in [-0.2, 0) is 6.18 Å². The third kappa shape index (κ3) is 2.89. The van der Waals surface area contributed by atoms with Gasteiger partial charge in [0.25, 0.3) is 0 Å². The number of benzene rings is 1. The molecule has 0 spiro atoms. The third-order valence-electron chi connectivity index (χ3n) is 2.40. The SMILES string of the molecule is CC(C)C(N)c1cc(C(F)(F)F)ccc1Cl. The van der Waals surface area contributed by atoms with Gasteiger partial charge in [0.05, 0.1) is 5.56 Å². The Hall–Kier alpha value is -0.740. The van der Waals surface area contributed by atoms with E-state index in [1.807, 2.05) is 13.8 Å². The molecule has 0 aliphatic heterocycles. The molecule has 1 aromatic carbocycles. The van der Waals surface area contributed by atoms with E-state index in [0.717, 1.165) is 12.1 Å². The quantitative estimate of drug-likeness (QED) is 0.844. The average molecular weight is 252 g/mol. The first kappa shape index (κ1) is 13.3. The predicted octanol–water partition coefficient (Wildman–Crippen LogP) is 4.01. The summed E-state index contributed by atoms with van der Waals surface area (Å²) in [4.78, 5) is 0. The molecule has 1 nitrogen and oxygen atoms in total. The highest BCUT2D eigenvalue weighted by Gasteiger charge is 2.31. The van der Waals surface area contributed by atoms with Gasteiger partial charge in [0.1, 0.15) is 0 Å². The molecule has 0 radical (unpaired) electrons. The molecule has 0 amide bonds. The van der Waals surface area contributed by atoms with Crippen molar-refractivity contribution < 1.29 is 13.2 Å². The lowest BCUT2D eigenvalue weighted by atomic mass is 9.95. The lowest BCUT2D eigenvalue weighted by molar-refractivity contribution is -0.137. The van der Waals surface area contributed by atoms with Gasteiger partial charge >= 0.3 is 6.18 Å². The van der Waals surface area contributed by atoms with E-state index in [1.165, 1.54) is 6.07 Å². The van der Waals surface area contributed by atoms with E-state index in [1.54, 1.807) is 0 Å². The van der Waals surface area contributed by atoms with Crippen LogP contribution < -0.4 is 5.73 Å². The average Bonchev–Trinajstić information content (AvgIpc) is 2.15. The molecule has 0 saturated carbocycles. The van der Waals surface area contributed by atoms with Gasteiger partial charge in [0.15, 0.2) is 0 Å². The van der Waals surface area contributed by atoms with Gasteiger partial charge in [-0.05, 0) is 29.7 Å². The van der Waals surface area contributed by atoms with Crippen LogP contribution in [0.3, 0.4) is 0 Å². The smallest absolute Gasteiger partial charge is 0.324 e. The fourth-order valence-electron chi connectivity index (χ4n) is 1.33. The number of nitrogens with two attached hydrogens (primary N) is 1. The normalized spacial score (nSPS) is 14.2. The zero-order valence-corrected chi connectivity index (χ0v) is 9.73. The van der Waals surface area contributed by atoms with Crippen molar-refractivity contribution in [1.29, 1.82) is 0 Å². The maximum Gasteiger partial charge on any atom is 0.416 e. The Morgan fingerprint density at radius 3 is 2.25 bits per heavy atom. The Morgan fingerprint density at radius 1 is 1.25 bits per heavy atom. The highest BCUT2D eigenvalue weighted by molar-refractivity contribution is 6.31. The van der Waals surface area contributed by atoms with Gasteiger partial charge in [0, 0.05) is 11.1 Å². The van der Waals surface area contributed by atoms with Gasteiger partial charge in [-0.3, -0.25) is 0 Å². The number of halogens is 4. The van der Waals surface area contributed by atoms with Crippen LogP contribution in [0.15, 0.2) is 18.2 Å². The van der Waals surface area contributed by atoms with E-state index in [2.05, 4.69) is 0 Å². The number of hydrogen-bond acceptors (Lipinski definition) is 1. The second-order valence-corrected chi connectivity index (χ2v) is 4.41. The minimum absolute atomic E-state index is 0.0287. The molecule has 1 aromatic rings. The van der Waals surface area contributed by atoms with Gasteiger partial charge in [-0.1, -0.05) is 25.4 Å². The summed E-state index contributed by atoms with van der Waals surface area (Å²) in [5.74, 6) is 0.0287. The van der Waals surface area contributed by atoms with Gasteiger partial charge in [-0.15, -0.1) is 0 Å². The molecule has 5 heteroatoms. The molecule has 0 fully saturated rings. The largest absolute Gasteiger partial charge is 0.416 e. The Balaban J connectivity index is 3.19. The number of rotatable bonds is 2. The molecule has 0 bridgehead atoms. The first-order valence-corrected chi connectivity index (χ1v) is 5.23. The standard InChI is InChI=1S/C11H13ClF3N/c1-6(2)10(16)8-5-7(11(13,14)15)3-4-9(8)12/h3-6,10H,16H2,1-2H3. The summed E-state index contributed by atoms with van der Waals surface area (Å²) in [5, 5.41) is 0.272. The molecular weight excluding hydrogens is 239 g/mol. The topological polar surface area (TPSA) is 26.0 Å². The Bertz CT molecular complexity index is 374. The first-order chi connectivity index (χ1) is 7.23. The Morgan fingerprint density at radius 2 is 1.81 bits per heavy atom. The summed E-state index contributed by atoms with van der Waals surface area (Å²) in [6.45, 7) is 3.67. The van der Waals surface area contributed by atoms with Crippen molar-refractivity contribution >= 4 is 11.6 Å². The van der Waals surface area contributed by atoms with Crippen LogP contribution in [0.2, 0.25) is 5.02 Å². The number of alkyl halides is 3. The van der Waals surface area contributed by atoms with Crippen LogP contribution in [0.5, 0.6) is 0 Å². The highest BCUT2D eigenvalue weighted by atomic mass is 35.5. The summed E-state index contributed by atoms with van der Waals surface area (Å²) in [5.41, 5.74) is 5.42. The Kier molecular flexibility index (Phi) is 3.86. The molecule has 0 aliphatic carbocycles. The minimum atomic E-state index is -4.37. The lowest BCUT2D eigenvalue weighted by Crippen LogP contribution is -2.18. The third-order valence-corrected chi connectivity index (χ3v) is 2.74. The molecule has 0 heterocycles. The summed E-state index contributed by atoms with van der Waals surface area (Å²) >= 11 is 5.84. The summed E-state index contributed by atoms with van der Waals surface area (Å²) in [6.07, 6.45) is -4.37. The van der Waals surface area contributed by atoms with Crippen molar-refractivity contribution in [2.75, 3.05) is 0 Å². The first-order valence-electron chi connectivity index (χ1n) is 4.85. The van der Waals surface area contributed by atoms with E-state index in [0.29, 0.717) is 5.56 Å². The van der Waals surface area contributed by atoms with Crippen molar-refractivity contribution in [3.63, 3.8) is 0 Å². The van der Waals surface area contributed by atoms with Crippen molar-refractivity contribution in [3.8, 4) is 0 Å². The summed E-state index contributed by atoms with van der Waals surface area (Å²) in [6, 6.07) is 2.73. The van der Waals surface area contributed by atoms with Crippen LogP contribution in [0, 0.1) is 5.92 Å². The lowest BCUT2D eigenvalue weighted by Gasteiger charge is -2.19. The Labute approximate surface area is 97.4 Å². The fraction of sp³-hybridized carbons (Fsp3) is 0.455. The number of hydrogen-bond donors (Lipinski definition) is 1. The molecule has 0 aromatic heterocycles. The van der Waals surface area contributed by atoms with Gasteiger partial charge in [-0.25, -0.2) is 0 Å². The van der Waals surface area contributed by atoms with Crippen LogP contribution in [-0.4, -0.2) is 0 Å². The summed E-state index contributed by atoms with van der Waals surface area (Å²) < 4.78 is 37.4. The zero-order valence-electron chi connectivity index (χ0n) is 8.98. The molecular formula is C11H13ClF3N. The molecule has 90 valence electrons. The van der Waals surface area contributed by atoms with Crippen LogP contribution in [0.1, 0.15) is 31.0 Å². The second-order valence-electron chi connectivity index (χ2n) is 4.00. The predicted molar refractivity (Wildman–Crippen MR) is 58.2 cm³/mol. The molecule has 0 aliphatic rings. The maximum absolute atomic E-state index is 12.5. The van der Waals surface area contributed by atoms with Crippen molar-refractivity contribution in [3.05, 3.63) is 34.3 Å². The van der Waals surface area contributed by atoms with Crippen LogP contribution in [0.25, 0.3) is 0 Å². The molecule has 16 heavy (non-hydrogen) atoms. The van der Waals surface area contributed by atoms with Crippen LogP contribution >= 0.6 is 11.6 Å². The van der Waals surface area contributed by atoms with Crippen molar-refractivity contribution in [1.82, 2.24) is 0 Å². The minimum Gasteiger partial charge on any atom is -0.324 e. The van der Waals surface area contributed by atoms with Crippen molar-refractivity contribution in [2.24, 2.45) is 11.7 Å². The van der Waals surface area contributed by atoms with E-state index in [-0.39, 0.29) is 10.9 Å². The summed E-state index contributed by atoms with van der Waals surface area (Å²) in [7, 11) is 0. The maximum atomic E-state index is 12.5. The molecule has 1 atom stereocenters. The monoisotopic (exact) mass is 251 g/mol. The van der Waals surface area contributed by atoms with Gasteiger partial charge in [-0.2, -0.15) is 13.2 Å².